The minimum absolute atomic E-state index is 0.279. The number of anilines is 1. The monoisotopic (exact) mass is 404 g/mol. The van der Waals surface area contributed by atoms with Crippen LogP contribution in [0.3, 0.4) is 0 Å². The molecule has 0 saturated carbocycles. The summed E-state index contributed by atoms with van der Waals surface area (Å²) in [6.07, 6.45) is 5.10. The molecular weight excluding hydrogens is 388 g/mol. The number of benzene rings is 2. The lowest BCUT2D eigenvalue weighted by atomic mass is 10.2. The molecule has 0 atom stereocenters. The molecule has 1 amide bonds. The molecule has 0 bridgehead atoms. The number of carbonyl (C=O) groups is 1. The Kier molecular flexibility index (Phi) is 5.45. The van der Waals surface area contributed by atoms with Gasteiger partial charge in [0.05, 0.1) is 11.3 Å². The summed E-state index contributed by atoms with van der Waals surface area (Å²) in [5.74, 6) is 0.306. The molecule has 2 aromatic carbocycles. The van der Waals surface area contributed by atoms with E-state index in [1.165, 1.54) is 28.6 Å². The number of hydrogen-bond donors (Lipinski definition) is 1. The largest absolute Gasteiger partial charge is 0.298 e. The van der Waals surface area contributed by atoms with Gasteiger partial charge in [0.1, 0.15) is 0 Å². The number of amides is 1. The van der Waals surface area contributed by atoms with Crippen LogP contribution >= 0.6 is 23.1 Å². The van der Waals surface area contributed by atoms with Gasteiger partial charge in [0.2, 0.25) is 0 Å². The first-order valence-corrected chi connectivity index (χ1v) is 10.6. The van der Waals surface area contributed by atoms with Crippen molar-refractivity contribution in [3.8, 4) is 22.6 Å². The lowest BCUT2D eigenvalue weighted by Crippen LogP contribution is -2.12. The normalized spacial score (nSPS) is 10.6. The number of nitrogens with zero attached hydrogens (tertiary/aromatic N) is 3. The van der Waals surface area contributed by atoms with Crippen molar-refractivity contribution in [2.24, 2.45) is 0 Å². The van der Waals surface area contributed by atoms with Gasteiger partial charge in [-0.25, -0.2) is 15.0 Å². The summed E-state index contributed by atoms with van der Waals surface area (Å²) < 4.78 is 0. The Hall–Kier alpha value is -3.03. The predicted molar refractivity (Wildman–Crippen MR) is 115 cm³/mol. The fourth-order valence-corrected chi connectivity index (χ4v) is 3.70. The molecule has 7 heteroatoms. The number of aromatic nitrogens is 3. The molecule has 2 aromatic heterocycles. The molecule has 138 valence electrons. The van der Waals surface area contributed by atoms with Gasteiger partial charge in [-0.15, -0.1) is 23.1 Å². The molecule has 1 N–H and O–H groups in total. The van der Waals surface area contributed by atoms with Crippen LogP contribution in [0.2, 0.25) is 0 Å². The summed E-state index contributed by atoms with van der Waals surface area (Å²) in [6.45, 7) is 0. The van der Waals surface area contributed by atoms with E-state index in [1.54, 1.807) is 11.8 Å². The third kappa shape index (κ3) is 4.11. The van der Waals surface area contributed by atoms with E-state index in [1.807, 2.05) is 54.1 Å². The third-order valence-electron chi connectivity index (χ3n) is 4.06. The minimum Gasteiger partial charge on any atom is -0.298 e. The van der Waals surface area contributed by atoms with Crippen LogP contribution in [0.15, 0.2) is 77.3 Å². The van der Waals surface area contributed by atoms with Crippen LogP contribution in [0.4, 0.5) is 5.13 Å². The van der Waals surface area contributed by atoms with Gasteiger partial charge >= 0.3 is 0 Å². The number of thioether (sulfide) groups is 1. The first-order valence-electron chi connectivity index (χ1n) is 8.52. The average molecular weight is 405 g/mol. The summed E-state index contributed by atoms with van der Waals surface area (Å²) >= 11 is 3.09. The van der Waals surface area contributed by atoms with Crippen molar-refractivity contribution in [1.29, 1.82) is 0 Å². The Morgan fingerprint density at radius 3 is 2.36 bits per heavy atom. The first-order chi connectivity index (χ1) is 13.7. The second kappa shape index (κ2) is 8.33. The van der Waals surface area contributed by atoms with Crippen LogP contribution in [0.1, 0.15) is 10.4 Å². The molecule has 5 nitrogen and oxygen atoms in total. The zero-order chi connectivity index (χ0) is 19.3. The summed E-state index contributed by atoms with van der Waals surface area (Å²) in [5, 5.41) is 5.29. The van der Waals surface area contributed by atoms with E-state index in [4.69, 9.17) is 0 Å². The first kappa shape index (κ1) is 18.3. The summed E-state index contributed by atoms with van der Waals surface area (Å²) in [7, 11) is 0. The van der Waals surface area contributed by atoms with Gasteiger partial charge in [-0.1, -0.05) is 42.5 Å². The van der Waals surface area contributed by atoms with Crippen LogP contribution in [-0.4, -0.2) is 27.1 Å². The number of nitrogens with one attached hydrogen (secondary N) is 1. The van der Waals surface area contributed by atoms with Gasteiger partial charge in [-0.05, 0) is 18.4 Å². The Bertz CT molecular complexity index is 1080. The summed E-state index contributed by atoms with van der Waals surface area (Å²) in [6, 6.07) is 17.8. The maximum atomic E-state index is 12.5. The predicted octanol–water partition coefficient (Wildman–Crippen LogP) is 5.24. The van der Waals surface area contributed by atoms with Crippen LogP contribution in [-0.2, 0) is 0 Å². The molecule has 0 aliphatic carbocycles. The SMILES string of the molecule is CSc1ccc(-c2csc(NC(=O)c3cnc(-c4ccccc4)nc3)n2)cc1. The van der Waals surface area contributed by atoms with Gasteiger partial charge in [0, 0.05) is 33.8 Å². The average Bonchev–Trinajstić information content (AvgIpc) is 3.23. The molecule has 0 aliphatic rings. The number of rotatable bonds is 5. The zero-order valence-corrected chi connectivity index (χ0v) is 16.6. The van der Waals surface area contributed by atoms with Gasteiger partial charge in [0.25, 0.3) is 5.91 Å². The molecule has 28 heavy (non-hydrogen) atoms. The van der Waals surface area contributed by atoms with Gasteiger partial charge in [-0.3, -0.25) is 10.1 Å². The van der Waals surface area contributed by atoms with E-state index in [0.29, 0.717) is 16.5 Å². The van der Waals surface area contributed by atoms with E-state index in [0.717, 1.165) is 16.8 Å². The minimum atomic E-state index is -0.279. The van der Waals surface area contributed by atoms with Gasteiger partial charge < -0.3 is 0 Å². The van der Waals surface area contributed by atoms with Gasteiger partial charge in [-0.2, -0.15) is 0 Å². The highest BCUT2D eigenvalue weighted by molar-refractivity contribution is 7.98. The van der Waals surface area contributed by atoms with E-state index < -0.39 is 0 Å². The van der Waals surface area contributed by atoms with Crippen molar-refractivity contribution in [3.63, 3.8) is 0 Å². The van der Waals surface area contributed by atoms with Crippen LogP contribution in [0.5, 0.6) is 0 Å². The maximum absolute atomic E-state index is 12.5. The highest BCUT2D eigenvalue weighted by Gasteiger charge is 2.11. The molecule has 0 saturated heterocycles. The van der Waals surface area contributed by atoms with Crippen molar-refractivity contribution in [1.82, 2.24) is 15.0 Å². The number of thiazole rings is 1. The van der Waals surface area contributed by atoms with Crippen molar-refractivity contribution < 1.29 is 4.79 Å². The topological polar surface area (TPSA) is 67.8 Å². The van der Waals surface area contributed by atoms with E-state index in [-0.39, 0.29) is 5.91 Å². The van der Waals surface area contributed by atoms with Crippen molar-refractivity contribution in [2.75, 3.05) is 11.6 Å². The number of hydrogen-bond acceptors (Lipinski definition) is 6. The lowest BCUT2D eigenvalue weighted by molar-refractivity contribution is 0.102. The quantitative estimate of drug-likeness (QED) is 0.461. The highest BCUT2D eigenvalue weighted by Crippen LogP contribution is 2.27. The molecule has 4 aromatic rings. The van der Waals surface area contributed by atoms with Gasteiger partial charge in [0.15, 0.2) is 11.0 Å². The van der Waals surface area contributed by atoms with Crippen LogP contribution in [0, 0.1) is 0 Å². The molecule has 0 unspecified atom stereocenters. The fraction of sp³-hybridized carbons (Fsp3) is 0.0476. The van der Waals surface area contributed by atoms with Crippen molar-refractivity contribution in [2.45, 2.75) is 4.90 Å². The van der Waals surface area contributed by atoms with E-state index >= 15 is 0 Å². The molecule has 0 fully saturated rings. The smallest absolute Gasteiger partial charge is 0.260 e. The Morgan fingerprint density at radius 2 is 1.68 bits per heavy atom. The lowest BCUT2D eigenvalue weighted by Gasteiger charge is -2.03. The second-order valence-corrected chi connectivity index (χ2v) is 7.62. The van der Waals surface area contributed by atoms with E-state index in [9.17, 15) is 4.79 Å². The molecule has 0 spiro atoms. The Morgan fingerprint density at radius 1 is 0.964 bits per heavy atom. The second-order valence-electron chi connectivity index (χ2n) is 5.88. The van der Waals surface area contributed by atoms with Crippen LogP contribution in [0.25, 0.3) is 22.6 Å². The molecular formula is C21H16N4OS2. The zero-order valence-electron chi connectivity index (χ0n) is 15.0. The number of carbonyl (C=O) groups excluding carboxylic acids is 1. The fourth-order valence-electron chi connectivity index (χ4n) is 2.58. The van der Waals surface area contributed by atoms with Crippen LogP contribution < -0.4 is 5.32 Å². The summed E-state index contributed by atoms with van der Waals surface area (Å²) in [5.41, 5.74) is 3.15. The van der Waals surface area contributed by atoms with Crippen molar-refractivity contribution >= 4 is 34.1 Å². The molecule has 4 rings (SSSR count). The van der Waals surface area contributed by atoms with E-state index in [2.05, 4.69) is 32.4 Å². The standard InChI is InChI=1S/C21H16N4OS2/c1-27-17-9-7-14(8-10-17)18-13-28-21(24-18)25-20(26)16-11-22-19(23-12-16)15-5-3-2-4-6-15/h2-13H,1H3,(H,24,25,26). The van der Waals surface area contributed by atoms with Crippen molar-refractivity contribution in [3.05, 3.63) is 77.9 Å². The third-order valence-corrected chi connectivity index (χ3v) is 5.56. The summed E-state index contributed by atoms with van der Waals surface area (Å²) in [4.78, 5) is 26.7. The molecule has 0 radical (unpaired) electrons. The Balaban J connectivity index is 1.46. The molecule has 2 heterocycles. The maximum Gasteiger partial charge on any atom is 0.260 e. The highest BCUT2D eigenvalue weighted by atomic mass is 32.2. The Labute approximate surface area is 170 Å². The molecule has 0 aliphatic heterocycles.